The number of benzene rings is 2. The fourth-order valence-corrected chi connectivity index (χ4v) is 2.53. The van der Waals surface area contributed by atoms with Crippen LogP contribution in [0.3, 0.4) is 0 Å². The number of carbonyl (C=O) groups excluding carboxylic acids is 1. The Hall–Kier alpha value is -1.94. The van der Waals surface area contributed by atoms with Crippen LogP contribution < -0.4 is 10.1 Å². The number of amides is 1. The molecule has 0 bridgehead atoms. The van der Waals surface area contributed by atoms with Gasteiger partial charge in [-0.05, 0) is 37.6 Å². The molecule has 3 nitrogen and oxygen atoms in total. The largest absolute Gasteiger partial charge is 0.492 e. The second kappa shape index (κ2) is 8.49. The number of rotatable bonds is 7. The van der Waals surface area contributed by atoms with E-state index in [1.54, 1.807) is 11.8 Å². The first kappa shape index (κ1) is 16.4. The van der Waals surface area contributed by atoms with Gasteiger partial charge in [0.15, 0.2) is 0 Å². The first-order chi connectivity index (χ1) is 10.6. The van der Waals surface area contributed by atoms with Gasteiger partial charge in [0, 0.05) is 11.4 Å². The fraction of sp³-hybridized carbons (Fsp3) is 0.278. The summed E-state index contributed by atoms with van der Waals surface area (Å²) in [5, 5.41) is 2.89. The van der Waals surface area contributed by atoms with Crippen molar-refractivity contribution in [1.29, 1.82) is 0 Å². The van der Waals surface area contributed by atoms with Crippen LogP contribution in [0, 0.1) is 13.8 Å². The smallest absolute Gasteiger partial charge is 0.234 e. The molecule has 0 aliphatic carbocycles. The highest BCUT2D eigenvalue weighted by Crippen LogP contribution is 2.16. The number of aryl methyl sites for hydroxylation is 2. The van der Waals surface area contributed by atoms with Crippen molar-refractivity contribution in [1.82, 2.24) is 0 Å². The van der Waals surface area contributed by atoms with Gasteiger partial charge in [0.25, 0.3) is 0 Å². The molecular weight excluding hydrogens is 294 g/mol. The van der Waals surface area contributed by atoms with Crippen LogP contribution in [-0.4, -0.2) is 24.0 Å². The van der Waals surface area contributed by atoms with Crippen LogP contribution >= 0.6 is 11.8 Å². The van der Waals surface area contributed by atoms with E-state index in [0.717, 1.165) is 22.8 Å². The first-order valence-corrected chi connectivity index (χ1v) is 8.43. The van der Waals surface area contributed by atoms with Crippen molar-refractivity contribution in [2.24, 2.45) is 0 Å². The van der Waals surface area contributed by atoms with Gasteiger partial charge >= 0.3 is 0 Å². The van der Waals surface area contributed by atoms with Gasteiger partial charge in [-0.1, -0.05) is 35.9 Å². The van der Waals surface area contributed by atoms with E-state index in [4.69, 9.17) is 4.74 Å². The molecule has 0 unspecified atom stereocenters. The number of carbonyl (C=O) groups is 1. The summed E-state index contributed by atoms with van der Waals surface area (Å²) in [6.45, 7) is 4.65. The second-order valence-corrected chi connectivity index (χ2v) is 6.19. The lowest BCUT2D eigenvalue weighted by atomic mass is 10.2. The molecule has 0 atom stereocenters. The average molecular weight is 315 g/mol. The van der Waals surface area contributed by atoms with Crippen molar-refractivity contribution in [2.45, 2.75) is 13.8 Å². The zero-order valence-corrected chi connectivity index (χ0v) is 13.8. The van der Waals surface area contributed by atoms with Crippen LogP contribution in [0.15, 0.2) is 48.5 Å². The summed E-state index contributed by atoms with van der Waals surface area (Å²) in [6, 6.07) is 15.7. The molecule has 22 heavy (non-hydrogen) atoms. The highest BCUT2D eigenvalue weighted by Gasteiger charge is 2.03. The summed E-state index contributed by atoms with van der Waals surface area (Å²) in [7, 11) is 0. The number of hydrogen-bond acceptors (Lipinski definition) is 3. The van der Waals surface area contributed by atoms with E-state index in [0.29, 0.717) is 12.4 Å². The minimum absolute atomic E-state index is 0.0183. The number of ether oxygens (including phenoxy) is 1. The molecule has 1 N–H and O–H groups in total. The van der Waals surface area contributed by atoms with Crippen molar-refractivity contribution in [2.75, 3.05) is 23.4 Å². The van der Waals surface area contributed by atoms with E-state index in [9.17, 15) is 4.79 Å². The third-order valence-electron chi connectivity index (χ3n) is 3.15. The monoisotopic (exact) mass is 315 g/mol. The summed E-state index contributed by atoms with van der Waals surface area (Å²) in [6.07, 6.45) is 0. The van der Waals surface area contributed by atoms with Gasteiger partial charge in [0.2, 0.25) is 5.91 Å². The Bertz CT molecular complexity index is 611. The van der Waals surface area contributed by atoms with E-state index in [-0.39, 0.29) is 5.91 Å². The normalized spacial score (nSPS) is 10.3. The van der Waals surface area contributed by atoms with Gasteiger partial charge in [0.05, 0.1) is 12.4 Å². The van der Waals surface area contributed by atoms with Crippen molar-refractivity contribution in [3.63, 3.8) is 0 Å². The highest BCUT2D eigenvalue weighted by atomic mass is 32.2. The molecule has 2 rings (SSSR count). The minimum atomic E-state index is 0.0183. The predicted molar refractivity (Wildman–Crippen MR) is 93.8 cm³/mol. The zero-order valence-electron chi connectivity index (χ0n) is 13.0. The number of anilines is 1. The van der Waals surface area contributed by atoms with Crippen molar-refractivity contribution >= 4 is 23.4 Å². The summed E-state index contributed by atoms with van der Waals surface area (Å²) in [5.74, 6) is 2.15. The van der Waals surface area contributed by atoms with Gasteiger partial charge in [-0.25, -0.2) is 0 Å². The lowest BCUT2D eigenvalue weighted by Gasteiger charge is -2.09. The maximum Gasteiger partial charge on any atom is 0.234 e. The first-order valence-electron chi connectivity index (χ1n) is 7.28. The maximum atomic E-state index is 11.8. The van der Waals surface area contributed by atoms with Crippen molar-refractivity contribution in [3.8, 4) is 5.75 Å². The molecule has 0 heterocycles. The van der Waals surface area contributed by atoms with Crippen LogP contribution in [0.5, 0.6) is 5.75 Å². The van der Waals surface area contributed by atoms with Crippen LogP contribution in [0.25, 0.3) is 0 Å². The number of para-hydroxylation sites is 1. The fourth-order valence-electron chi connectivity index (χ4n) is 1.93. The minimum Gasteiger partial charge on any atom is -0.492 e. The Morgan fingerprint density at radius 1 is 1.09 bits per heavy atom. The average Bonchev–Trinajstić information content (AvgIpc) is 2.51. The van der Waals surface area contributed by atoms with Gasteiger partial charge in [-0.15, -0.1) is 11.8 Å². The summed E-state index contributed by atoms with van der Waals surface area (Å²) in [5.41, 5.74) is 3.15. The lowest BCUT2D eigenvalue weighted by molar-refractivity contribution is -0.113. The van der Waals surface area contributed by atoms with E-state index >= 15 is 0 Å². The Morgan fingerprint density at radius 3 is 2.55 bits per heavy atom. The zero-order chi connectivity index (χ0) is 15.8. The third kappa shape index (κ3) is 5.45. The third-order valence-corrected chi connectivity index (χ3v) is 4.07. The molecule has 0 aliphatic rings. The summed E-state index contributed by atoms with van der Waals surface area (Å²) in [4.78, 5) is 11.8. The van der Waals surface area contributed by atoms with Crippen LogP contribution in [0.1, 0.15) is 11.1 Å². The molecule has 4 heteroatoms. The number of hydrogen-bond donors (Lipinski definition) is 1. The Labute approximate surface area is 136 Å². The molecule has 0 aliphatic heterocycles. The molecule has 2 aromatic rings. The summed E-state index contributed by atoms with van der Waals surface area (Å²) < 4.78 is 5.70. The number of thioether (sulfide) groups is 1. The van der Waals surface area contributed by atoms with Crippen molar-refractivity contribution in [3.05, 3.63) is 59.7 Å². The van der Waals surface area contributed by atoms with Gasteiger partial charge in [0.1, 0.15) is 5.75 Å². The quantitative estimate of drug-likeness (QED) is 0.783. The van der Waals surface area contributed by atoms with E-state index in [1.807, 2.05) is 62.4 Å². The van der Waals surface area contributed by atoms with Crippen LogP contribution in [-0.2, 0) is 4.79 Å². The molecular formula is C18H21NO2S. The molecule has 2 aromatic carbocycles. The van der Waals surface area contributed by atoms with Crippen LogP contribution in [0.2, 0.25) is 0 Å². The predicted octanol–water partition coefficient (Wildman–Crippen LogP) is 4.05. The van der Waals surface area contributed by atoms with Crippen molar-refractivity contribution < 1.29 is 9.53 Å². The Kier molecular flexibility index (Phi) is 6.34. The van der Waals surface area contributed by atoms with Gasteiger partial charge in [-0.2, -0.15) is 0 Å². The molecule has 0 fully saturated rings. The topological polar surface area (TPSA) is 38.3 Å². The molecule has 0 aromatic heterocycles. The maximum absolute atomic E-state index is 11.8. The molecule has 1 amide bonds. The molecule has 116 valence electrons. The SMILES string of the molecule is Cc1ccc(NC(=O)CSCCOc2ccccc2C)cc1. The lowest BCUT2D eigenvalue weighted by Crippen LogP contribution is -2.15. The highest BCUT2D eigenvalue weighted by molar-refractivity contribution is 7.99. The van der Waals surface area contributed by atoms with E-state index in [2.05, 4.69) is 5.32 Å². The number of nitrogens with one attached hydrogen (secondary N) is 1. The Balaban J connectivity index is 1.63. The van der Waals surface area contributed by atoms with E-state index < -0.39 is 0 Å². The molecule has 0 saturated carbocycles. The van der Waals surface area contributed by atoms with E-state index in [1.165, 1.54) is 5.56 Å². The molecule has 0 spiro atoms. The van der Waals surface area contributed by atoms with Gasteiger partial charge < -0.3 is 10.1 Å². The Morgan fingerprint density at radius 2 is 1.82 bits per heavy atom. The second-order valence-electron chi connectivity index (χ2n) is 5.08. The molecule has 0 radical (unpaired) electrons. The molecule has 0 saturated heterocycles. The van der Waals surface area contributed by atoms with Crippen LogP contribution in [0.4, 0.5) is 5.69 Å². The summed E-state index contributed by atoms with van der Waals surface area (Å²) >= 11 is 1.57. The van der Waals surface area contributed by atoms with Gasteiger partial charge in [-0.3, -0.25) is 4.79 Å². The standard InChI is InChI=1S/C18H21NO2S/c1-14-7-9-16(10-8-14)19-18(20)13-22-12-11-21-17-6-4-3-5-15(17)2/h3-10H,11-13H2,1-2H3,(H,19,20).